The van der Waals surface area contributed by atoms with Gasteiger partial charge in [-0.15, -0.1) is 0 Å². The van der Waals surface area contributed by atoms with Gasteiger partial charge in [0.15, 0.2) is 0 Å². The van der Waals surface area contributed by atoms with Crippen LogP contribution in [0.1, 0.15) is 13.3 Å². The summed E-state index contributed by atoms with van der Waals surface area (Å²) >= 11 is 0. The van der Waals surface area contributed by atoms with Gasteiger partial charge >= 0.3 is 15.2 Å². The third kappa shape index (κ3) is 8.02. The maximum absolute atomic E-state index is 11.1. The van der Waals surface area contributed by atoms with Crippen LogP contribution in [0.5, 0.6) is 0 Å². The van der Waals surface area contributed by atoms with Gasteiger partial charge in [0, 0.05) is 14.1 Å². The van der Waals surface area contributed by atoms with Gasteiger partial charge in [-0.3, -0.25) is 14.1 Å². The summed E-state index contributed by atoms with van der Waals surface area (Å²) < 4.78 is 22.1. The normalized spacial score (nSPS) is 14.4. The van der Waals surface area contributed by atoms with Gasteiger partial charge in [0.1, 0.15) is 0 Å². The average Bonchev–Trinajstić information content (AvgIpc) is 1.95. The summed E-state index contributed by atoms with van der Waals surface area (Å²) in [5.74, 6) is 0. The molecule has 0 atom stereocenters. The van der Waals surface area contributed by atoms with Crippen molar-refractivity contribution in [2.45, 2.75) is 18.9 Å². The molecule has 0 aromatic carbocycles. The minimum atomic E-state index is -4.38. The molecular weight excluding hydrogens is 270 g/mol. The molecule has 17 heavy (non-hydrogen) atoms. The van der Waals surface area contributed by atoms with E-state index in [2.05, 4.69) is 5.43 Å². The van der Waals surface area contributed by atoms with Crippen LogP contribution in [0.4, 0.5) is 0 Å². The van der Waals surface area contributed by atoms with Crippen molar-refractivity contribution in [3.05, 3.63) is 0 Å². The molecule has 0 aromatic rings. The Balaban J connectivity index is 5.15. The van der Waals surface area contributed by atoms with Gasteiger partial charge < -0.3 is 19.6 Å². The molecule has 0 unspecified atom stereocenters. The van der Waals surface area contributed by atoms with Crippen LogP contribution in [0.3, 0.4) is 0 Å². The second kappa shape index (κ2) is 5.91. The highest BCUT2D eigenvalue weighted by Gasteiger charge is 2.41. The fourth-order valence-electron chi connectivity index (χ4n) is 1.69. The van der Waals surface area contributed by atoms with Crippen LogP contribution in [0.2, 0.25) is 0 Å². The second-order valence-corrected chi connectivity index (χ2v) is 7.58. The van der Waals surface area contributed by atoms with E-state index < -0.39 is 33.1 Å². The number of hydrogen-bond acceptors (Lipinski definition) is 4. The minimum Gasteiger partial charge on any atom is -0.324 e. The van der Waals surface area contributed by atoms with E-state index in [1.54, 1.807) is 21.0 Å². The molecule has 0 amide bonds. The molecule has 8 nitrogen and oxygen atoms in total. The summed E-state index contributed by atoms with van der Waals surface area (Å²) in [5, 5.41) is 1.43. The zero-order valence-corrected chi connectivity index (χ0v) is 11.9. The first-order valence-corrected chi connectivity index (χ1v) is 8.53. The zero-order chi connectivity index (χ0) is 13.9. The van der Waals surface area contributed by atoms with Crippen LogP contribution in [-0.2, 0) is 9.13 Å². The van der Waals surface area contributed by atoms with E-state index in [1.165, 1.54) is 5.01 Å². The number of hydrazine groups is 1. The molecule has 0 aliphatic heterocycles. The molecule has 104 valence electrons. The van der Waals surface area contributed by atoms with Gasteiger partial charge in [-0.2, -0.15) is 0 Å². The van der Waals surface area contributed by atoms with Crippen LogP contribution in [0.15, 0.2) is 0 Å². The third-order valence-corrected chi connectivity index (χ3v) is 4.19. The second-order valence-electron chi connectivity index (χ2n) is 4.29. The predicted octanol–water partition coefficient (Wildman–Crippen LogP) is -0.443. The summed E-state index contributed by atoms with van der Waals surface area (Å²) in [7, 11) is -5.58. The summed E-state index contributed by atoms with van der Waals surface area (Å²) in [6, 6.07) is 0. The molecule has 0 spiro atoms. The number of nitrogens with one attached hydrogen (secondary N) is 1. The lowest BCUT2D eigenvalue weighted by Gasteiger charge is -2.36. The SMILES string of the molecule is CCC(CP(=O)(O)O)(CP(=O)(O)O)NN(C)C. The maximum Gasteiger partial charge on any atom is 0.327 e. The molecule has 0 saturated carbocycles. The van der Waals surface area contributed by atoms with Crippen LogP contribution >= 0.6 is 15.2 Å². The lowest BCUT2D eigenvalue weighted by Crippen LogP contribution is -2.56. The van der Waals surface area contributed by atoms with Gasteiger partial charge in [-0.05, 0) is 6.42 Å². The van der Waals surface area contributed by atoms with Crippen LogP contribution in [0.25, 0.3) is 0 Å². The van der Waals surface area contributed by atoms with Crippen molar-refractivity contribution in [2.24, 2.45) is 0 Å². The maximum atomic E-state index is 11.1. The van der Waals surface area contributed by atoms with Crippen molar-refractivity contribution >= 4 is 15.2 Å². The van der Waals surface area contributed by atoms with E-state index in [0.717, 1.165) is 0 Å². The Bertz CT molecular complexity index is 311. The van der Waals surface area contributed by atoms with Gasteiger partial charge in [0.25, 0.3) is 0 Å². The highest BCUT2D eigenvalue weighted by molar-refractivity contribution is 7.53. The number of rotatable bonds is 7. The van der Waals surface area contributed by atoms with Crippen molar-refractivity contribution in [1.82, 2.24) is 10.4 Å². The quantitative estimate of drug-likeness (QED) is 0.315. The standard InChI is InChI=1S/C7H20N2O6P2/c1-4-7(8-9(2)3,5-16(10,11)12)6-17(13,14)15/h8H,4-6H2,1-3H3,(H2,10,11,12)(H2,13,14,15). The van der Waals surface area contributed by atoms with Crippen molar-refractivity contribution in [2.75, 3.05) is 26.4 Å². The average molecular weight is 290 g/mol. The Hall–Kier alpha value is 0.220. The summed E-state index contributed by atoms with van der Waals surface area (Å²) in [6.45, 7) is 1.61. The van der Waals surface area contributed by atoms with Gasteiger partial charge in [-0.1, -0.05) is 6.92 Å². The van der Waals surface area contributed by atoms with E-state index >= 15 is 0 Å². The zero-order valence-electron chi connectivity index (χ0n) is 10.1. The Morgan fingerprint density at radius 2 is 1.41 bits per heavy atom. The van der Waals surface area contributed by atoms with E-state index in [4.69, 9.17) is 19.6 Å². The fourth-order valence-corrected chi connectivity index (χ4v) is 4.25. The molecule has 0 heterocycles. The largest absolute Gasteiger partial charge is 0.327 e. The molecule has 0 radical (unpaired) electrons. The molecule has 0 saturated heterocycles. The Morgan fingerprint density at radius 1 is 1.06 bits per heavy atom. The monoisotopic (exact) mass is 290 g/mol. The summed E-state index contributed by atoms with van der Waals surface area (Å²) in [5.41, 5.74) is 1.39. The fraction of sp³-hybridized carbons (Fsp3) is 1.00. The van der Waals surface area contributed by atoms with E-state index in [1.807, 2.05) is 0 Å². The molecule has 0 aromatic heterocycles. The third-order valence-electron chi connectivity index (χ3n) is 2.15. The Kier molecular flexibility index (Phi) is 5.98. The number of nitrogens with zero attached hydrogens (tertiary/aromatic N) is 1. The van der Waals surface area contributed by atoms with Crippen molar-refractivity contribution in [3.8, 4) is 0 Å². The molecule has 0 bridgehead atoms. The van der Waals surface area contributed by atoms with E-state index in [0.29, 0.717) is 0 Å². The van der Waals surface area contributed by atoms with Crippen LogP contribution in [-0.4, -0.2) is 56.5 Å². The van der Waals surface area contributed by atoms with Crippen molar-refractivity contribution in [3.63, 3.8) is 0 Å². The first-order chi connectivity index (χ1) is 7.39. The Labute approximate surface area is 100 Å². The van der Waals surface area contributed by atoms with Crippen molar-refractivity contribution in [1.29, 1.82) is 0 Å². The Morgan fingerprint density at radius 3 is 1.59 bits per heavy atom. The molecule has 0 aliphatic rings. The first-order valence-electron chi connectivity index (χ1n) is 4.93. The highest BCUT2D eigenvalue weighted by Crippen LogP contribution is 2.46. The first kappa shape index (κ1) is 17.2. The summed E-state index contributed by atoms with van der Waals surface area (Å²) in [6.07, 6.45) is -1.07. The molecular formula is C7H20N2O6P2. The van der Waals surface area contributed by atoms with Crippen LogP contribution in [0, 0.1) is 0 Å². The van der Waals surface area contributed by atoms with Crippen LogP contribution < -0.4 is 5.43 Å². The number of hydrogen-bond donors (Lipinski definition) is 5. The van der Waals surface area contributed by atoms with Gasteiger partial charge in [0.2, 0.25) is 0 Å². The topological polar surface area (TPSA) is 130 Å². The lowest BCUT2D eigenvalue weighted by atomic mass is 10.0. The molecule has 10 heteroatoms. The molecule has 0 aliphatic carbocycles. The molecule has 5 N–H and O–H groups in total. The smallest absolute Gasteiger partial charge is 0.324 e. The predicted molar refractivity (Wildman–Crippen MR) is 63.7 cm³/mol. The molecule has 0 rings (SSSR count). The molecule has 0 fully saturated rings. The van der Waals surface area contributed by atoms with Gasteiger partial charge in [0.05, 0.1) is 17.9 Å². The lowest BCUT2D eigenvalue weighted by molar-refractivity contribution is 0.173. The van der Waals surface area contributed by atoms with Crippen molar-refractivity contribution < 1.29 is 28.7 Å². The van der Waals surface area contributed by atoms with E-state index in [-0.39, 0.29) is 6.42 Å². The van der Waals surface area contributed by atoms with E-state index in [9.17, 15) is 9.13 Å². The minimum absolute atomic E-state index is 0.182. The summed E-state index contributed by atoms with van der Waals surface area (Å²) in [4.78, 5) is 36.0. The highest BCUT2D eigenvalue weighted by atomic mass is 31.2. The van der Waals surface area contributed by atoms with Gasteiger partial charge in [-0.25, -0.2) is 5.43 Å².